The molecule has 1 N–H and O–H groups in total. The maximum absolute atomic E-state index is 12.9. The van der Waals surface area contributed by atoms with Crippen molar-refractivity contribution >= 4 is 29.1 Å². The zero-order valence-electron chi connectivity index (χ0n) is 12.9. The Balaban J connectivity index is 2.50. The van der Waals surface area contributed by atoms with Gasteiger partial charge in [-0.15, -0.1) is 0 Å². The summed E-state index contributed by atoms with van der Waals surface area (Å²) in [5.74, 6) is -0.200. The number of benzene rings is 1. The van der Waals surface area contributed by atoms with Crippen LogP contribution in [-0.4, -0.2) is 23.4 Å². The lowest BCUT2D eigenvalue weighted by Crippen LogP contribution is -2.69. The van der Waals surface area contributed by atoms with Gasteiger partial charge in [-0.3, -0.25) is 14.5 Å². The molecule has 1 unspecified atom stereocenters. The van der Waals surface area contributed by atoms with E-state index in [1.807, 2.05) is 32.9 Å². The molecule has 1 aromatic carbocycles. The number of hydrogen-bond acceptors (Lipinski definition) is 2. The van der Waals surface area contributed by atoms with Crippen LogP contribution in [0.2, 0.25) is 5.02 Å². The summed E-state index contributed by atoms with van der Waals surface area (Å²) >= 11 is 6.17. The molecule has 2 amide bonds. The van der Waals surface area contributed by atoms with Gasteiger partial charge in [-0.05, 0) is 44.4 Å². The molecule has 1 aliphatic rings. The molecule has 0 spiro atoms. The molecule has 1 saturated heterocycles. The standard InChI is InChI=1S/C16H21ClN2O2/c1-5-16(6-2)15(21)19(11(4)14(20)18-16)12-8-7-10(3)13(17)9-12/h7-9,11H,5-6H2,1-4H3,(H,18,20). The second-order valence-electron chi connectivity index (χ2n) is 5.56. The van der Waals surface area contributed by atoms with E-state index in [1.165, 1.54) is 0 Å². The van der Waals surface area contributed by atoms with E-state index in [-0.39, 0.29) is 11.8 Å². The molecule has 21 heavy (non-hydrogen) atoms. The Morgan fingerprint density at radius 3 is 2.43 bits per heavy atom. The van der Waals surface area contributed by atoms with Crippen LogP contribution in [0.15, 0.2) is 18.2 Å². The second-order valence-corrected chi connectivity index (χ2v) is 5.97. The van der Waals surface area contributed by atoms with Crippen molar-refractivity contribution in [2.24, 2.45) is 0 Å². The maximum atomic E-state index is 12.9. The van der Waals surface area contributed by atoms with E-state index in [9.17, 15) is 9.59 Å². The third-order valence-electron chi connectivity index (χ3n) is 4.40. The average molecular weight is 309 g/mol. The molecule has 1 fully saturated rings. The number of carbonyl (C=O) groups excluding carboxylic acids is 2. The zero-order valence-corrected chi connectivity index (χ0v) is 13.6. The third-order valence-corrected chi connectivity index (χ3v) is 4.81. The lowest BCUT2D eigenvalue weighted by Gasteiger charge is -2.44. The SMILES string of the molecule is CCC1(CC)NC(=O)C(C)N(c2ccc(C)c(Cl)c2)C1=O. The van der Waals surface area contributed by atoms with Gasteiger partial charge in [-0.1, -0.05) is 31.5 Å². The van der Waals surface area contributed by atoms with E-state index >= 15 is 0 Å². The number of rotatable bonds is 3. The van der Waals surface area contributed by atoms with Crippen LogP contribution in [0, 0.1) is 6.92 Å². The summed E-state index contributed by atoms with van der Waals surface area (Å²) in [7, 11) is 0. The lowest BCUT2D eigenvalue weighted by atomic mass is 9.87. The van der Waals surface area contributed by atoms with Crippen LogP contribution < -0.4 is 10.2 Å². The van der Waals surface area contributed by atoms with E-state index in [4.69, 9.17) is 11.6 Å². The first kappa shape index (κ1) is 15.8. The Hall–Kier alpha value is -1.55. The molecule has 0 bridgehead atoms. The largest absolute Gasteiger partial charge is 0.340 e. The van der Waals surface area contributed by atoms with Crippen LogP contribution >= 0.6 is 11.6 Å². The predicted molar refractivity (Wildman–Crippen MR) is 84.6 cm³/mol. The van der Waals surface area contributed by atoms with Crippen molar-refractivity contribution in [3.63, 3.8) is 0 Å². The molecule has 1 aromatic rings. The molecule has 0 aromatic heterocycles. The van der Waals surface area contributed by atoms with Crippen molar-refractivity contribution in [2.45, 2.75) is 52.1 Å². The molecule has 0 saturated carbocycles. The Morgan fingerprint density at radius 1 is 1.29 bits per heavy atom. The molecule has 1 heterocycles. The van der Waals surface area contributed by atoms with Gasteiger partial charge in [0.2, 0.25) is 5.91 Å². The quantitative estimate of drug-likeness (QED) is 0.933. The van der Waals surface area contributed by atoms with E-state index in [0.29, 0.717) is 23.6 Å². The van der Waals surface area contributed by atoms with Gasteiger partial charge in [0.25, 0.3) is 5.91 Å². The van der Waals surface area contributed by atoms with Crippen molar-refractivity contribution in [3.05, 3.63) is 28.8 Å². The van der Waals surface area contributed by atoms with Gasteiger partial charge in [0.15, 0.2) is 0 Å². The highest BCUT2D eigenvalue weighted by Crippen LogP contribution is 2.31. The van der Waals surface area contributed by atoms with Crippen LogP contribution in [0.3, 0.4) is 0 Å². The van der Waals surface area contributed by atoms with Crippen molar-refractivity contribution in [2.75, 3.05) is 4.90 Å². The molecular weight excluding hydrogens is 288 g/mol. The summed E-state index contributed by atoms with van der Waals surface area (Å²) in [5.41, 5.74) is 0.796. The molecule has 1 atom stereocenters. The number of nitrogens with zero attached hydrogens (tertiary/aromatic N) is 1. The summed E-state index contributed by atoms with van der Waals surface area (Å²) in [4.78, 5) is 26.8. The van der Waals surface area contributed by atoms with Gasteiger partial charge in [0, 0.05) is 10.7 Å². The number of amides is 2. The van der Waals surface area contributed by atoms with E-state index < -0.39 is 11.6 Å². The lowest BCUT2D eigenvalue weighted by molar-refractivity contribution is -0.138. The number of carbonyl (C=O) groups is 2. The number of nitrogens with one attached hydrogen (secondary N) is 1. The van der Waals surface area contributed by atoms with Gasteiger partial charge < -0.3 is 5.32 Å². The highest BCUT2D eigenvalue weighted by atomic mass is 35.5. The van der Waals surface area contributed by atoms with Gasteiger partial charge >= 0.3 is 0 Å². The number of piperazine rings is 1. The highest BCUT2D eigenvalue weighted by Gasteiger charge is 2.47. The fraction of sp³-hybridized carbons (Fsp3) is 0.500. The number of anilines is 1. The van der Waals surface area contributed by atoms with Crippen molar-refractivity contribution in [1.82, 2.24) is 5.32 Å². The summed E-state index contributed by atoms with van der Waals surface area (Å²) in [5, 5.41) is 3.49. The summed E-state index contributed by atoms with van der Waals surface area (Å²) in [6.45, 7) is 7.47. The van der Waals surface area contributed by atoms with Gasteiger partial charge in [-0.25, -0.2) is 0 Å². The molecule has 2 rings (SSSR count). The van der Waals surface area contributed by atoms with Crippen LogP contribution in [-0.2, 0) is 9.59 Å². The average Bonchev–Trinajstić information content (AvgIpc) is 2.47. The minimum atomic E-state index is -0.818. The Morgan fingerprint density at radius 2 is 1.90 bits per heavy atom. The van der Waals surface area contributed by atoms with Crippen molar-refractivity contribution in [1.29, 1.82) is 0 Å². The monoisotopic (exact) mass is 308 g/mol. The zero-order chi connectivity index (χ0) is 15.8. The Kier molecular flexibility index (Phi) is 4.28. The fourth-order valence-corrected chi connectivity index (χ4v) is 2.89. The Bertz CT molecular complexity index is 582. The maximum Gasteiger partial charge on any atom is 0.253 e. The van der Waals surface area contributed by atoms with Crippen LogP contribution in [0.25, 0.3) is 0 Å². The second kappa shape index (κ2) is 5.68. The summed E-state index contributed by atoms with van der Waals surface area (Å²) in [6, 6.07) is 4.91. The fourth-order valence-electron chi connectivity index (χ4n) is 2.72. The first-order chi connectivity index (χ1) is 9.86. The molecular formula is C16H21ClN2O2. The minimum absolute atomic E-state index is 0.0699. The first-order valence-corrected chi connectivity index (χ1v) is 7.66. The van der Waals surface area contributed by atoms with Gasteiger partial charge in [0.05, 0.1) is 0 Å². The van der Waals surface area contributed by atoms with Crippen LogP contribution in [0.5, 0.6) is 0 Å². The predicted octanol–water partition coefficient (Wildman–Crippen LogP) is 3.06. The van der Waals surface area contributed by atoms with Crippen molar-refractivity contribution in [3.8, 4) is 0 Å². The number of hydrogen-bond donors (Lipinski definition) is 1. The van der Waals surface area contributed by atoms with Gasteiger partial charge in [0.1, 0.15) is 11.6 Å². The first-order valence-electron chi connectivity index (χ1n) is 7.28. The van der Waals surface area contributed by atoms with E-state index in [0.717, 1.165) is 5.56 Å². The number of halogens is 1. The molecule has 1 aliphatic heterocycles. The Labute approximate surface area is 130 Å². The highest BCUT2D eigenvalue weighted by molar-refractivity contribution is 6.31. The van der Waals surface area contributed by atoms with E-state index in [1.54, 1.807) is 17.9 Å². The summed E-state index contributed by atoms with van der Waals surface area (Å²) in [6.07, 6.45) is 1.13. The van der Waals surface area contributed by atoms with Crippen LogP contribution in [0.1, 0.15) is 39.2 Å². The topological polar surface area (TPSA) is 49.4 Å². The van der Waals surface area contributed by atoms with Gasteiger partial charge in [-0.2, -0.15) is 0 Å². The van der Waals surface area contributed by atoms with Crippen LogP contribution in [0.4, 0.5) is 5.69 Å². The van der Waals surface area contributed by atoms with E-state index in [2.05, 4.69) is 5.32 Å². The van der Waals surface area contributed by atoms with Crippen molar-refractivity contribution < 1.29 is 9.59 Å². The smallest absolute Gasteiger partial charge is 0.253 e. The summed E-state index contributed by atoms with van der Waals surface area (Å²) < 4.78 is 0. The molecule has 5 heteroatoms. The number of aryl methyl sites for hydroxylation is 1. The molecule has 0 aliphatic carbocycles. The molecule has 4 nitrogen and oxygen atoms in total. The normalized spacial score (nSPS) is 21.4. The molecule has 0 radical (unpaired) electrons. The third kappa shape index (κ3) is 2.53. The minimum Gasteiger partial charge on any atom is -0.340 e. The molecule has 114 valence electrons.